The van der Waals surface area contributed by atoms with Crippen molar-refractivity contribution in [2.24, 2.45) is 5.92 Å². The molecule has 3 atom stereocenters. The highest BCUT2D eigenvalue weighted by Gasteiger charge is 2.37. The second-order valence-corrected chi connectivity index (χ2v) is 15.2. The lowest BCUT2D eigenvalue weighted by Gasteiger charge is -2.36. The van der Waals surface area contributed by atoms with Crippen LogP contribution in [0.15, 0.2) is 47.4 Å². The van der Waals surface area contributed by atoms with Crippen molar-refractivity contribution in [3.05, 3.63) is 42.5 Å². The van der Waals surface area contributed by atoms with E-state index in [1.54, 1.807) is 0 Å². The first-order valence-electron chi connectivity index (χ1n) is 10.3. The molecule has 4 heteroatoms. The van der Waals surface area contributed by atoms with E-state index in [1.165, 1.54) is 4.90 Å². The van der Waals surface area contributed by atoms with Crippen molar-refractivity contribution < 1.29 is 9.16 Å². The Hall–Kier alpha value is -0.553. The fourth-order valence-corrected chi connectivity index (χ4v) is 4.99. The zero-order valence-electron chi connectivity index (χ0n) is 18.0. The molecule has 1 aliphatic rings. The van der Waals surface area contributed by atoms with Crippen LogP contribution in [-0.4, -0.2) is 32.9 Å². The second kappa shape index (κ2) is 10.3. The van der Waals surface area contributed by atoms with E-state index in [1.807, 2.05) is 11.8 Å². The average molecular weight is 407 g/mol. The summed E-state index contributed by atoms with van der Waals surface area (Å²) in [6, 6.07) is 10.7. The molecule has 0 aromatic heterocycles. The van der Waals surface area contributed by atoms with Crippen molar-refractivity contribution in [2.75, 3.05) is 12.4 Å². The van der Waals surface area contributed by atoms with E-state index in [-0.39, 0.29) is 11.1 Å². The summed E-state index contributed by atoms with van der Waals surface area (Å²) in [5.41, 5.74) is 0. The molecule has 1 aromatic rings. The lowest BCUT2D eigenvalue weighted by atomic mass is 10.0. The maximum absolute atomic E-state index is 6.35. The van der Waals surface area contributed by atoms with Crippen molar-refractivity contribution in [1.82, 2.24) is 0 Å². The predicted molar refractivity (Wildman–Crippen MR) is 121 cm³/mol. The van der Waals surface area contributed by atoms with Crippen LogP contribution in [0.25, 0.3) is 0 Å². The van der Waals surface area contributed by atoms with Gasteiger partial charge in [-0.3, -0.25) is 0 Å². The molecule has 0 N–H and O–H groups in total. The predicted octanol–water partition coefficient (Wildman–Crippen LogP) is 6.93. The first kappa shape index (κ1) is 22.7. The highest BCUT2D eigenvalue weighted by molar-refractivity contribution is 7.99. The summed E-state index contributed by atoms with van der Waals surface area (Å²) in [6.45, 7) is 14.7. The van der Waals surface area contributed by atoms with E-state index in [4.69, 9.17) is 9.16 Å². The fourth-order valence-electron chi connectivity index (χ4n) is 2.97. The highest BCUT2D eigenvalue weighted by atomic mass is 32.2. The Morgan fingerprint density at radius 2 is 1.93 bits per heavy atom. The van der Waals surface area contributed by atoms with E-state index in [9.17, 15) is 0 Å². The van der Waals surface area contributed by atoms with E-state index >= 15 is 0 Å². The second-order valence-electron chi connectivity index (χ2n) is 9.32. The van der Waals surface area contributed by atoms with Gasteiger partial charge in [0.15, 0.2) is 8.32 Å². The fraction of sp³-hybridized carbons (Fsp3) is 0.652. The molecule has 0 unspecified atom stereocenters. The summed E-state index contributed by atoms with van der Waals surface area (Å²) in [6.07, 6.45) is 8.23. The molecule has 0 fully saturated rings. The Morgan fingerprint density at radius 1 is 1.22 bits per heavy atom. The van der Waals surface area contributed by atoms with Gasteiger partial charge in [-0.15, -0.1) is 11.8 Å². The number of hydrogen-bond acceptors (Lipinski definition) is 3. The Balaban J connectivity index is 1.70. The number of benzene rings is 1. The van der Waals surface area contributed by atoms with Gasteiger partial charge in [-0.25, -0.2) is 0 Å². The summed E-state index contributed by atoms with van der Waals surface area (Å²) in [5, 5.41) is 0.269. The summed E-state index contributed by atoms with van der Waals surface area (Å²) in [5.74, 6) is 1.79. The maximum atomic E-state index is 6.35. The van der Waals surface area contributed by atoms with Gasteiger partial charge in [0, 0.05) is 17.3 Å². The minimum absolute atomic E-state index is 0.211. The van der Waals surface area contributed by atoms with Gasteiger partial charge in [-0.1, -0.05) is 58.0 Å². The average Bonchev–Trinajstić information content (AvgIpc) is 2.60. The topological polar surface area (TPSA) is 18.5 Å². The minimum atomic E-state index is -1.66. The molecule has 1 aromatic carbocycles. The van der Waals surface area contributed by atoms with Crippen LogP contribution in [0.2, 0.25) is 18.1 Å². The number of rotatable bonds is 9. The largest absolute Gasteiger partial charge is 0.417 e. The third-order valence-electron chi connectivity index (χ3n) is 5.73. The SMILES string of the molecule is C[C@@H](CSc1ccccc1)C[C@@H]1CC=C[C@@H](CCO[Si](C)(C)C(C)(C)C)O1. The molecule has 1 heterocycles. The third-order valence-corrected chi connectivity index (χ3v) is 11.6. The van der Waals surface area contributed by atoms with Gasteiger partial charge in [-0.05, 0) is 55.4 Å². The van der Waals surface area contributed by atoms with Crippen LogP contribution < -0.4 is 0 Å². The molecule has 152 valence electrons. The molecule has 0 saturated carbocycles. The van der Waals surface area contributed by atoms with Gasteiger partial charge >= 0.3 is 0 Å². The van der Waals surface area contributed by atoms with Crippen LogP contribution in [0.5, 0.6) is 0 Å². The normalized spacial score (nSPS) is 22.0. The molecule has 1 aliphatic heterocycles. The molecule has 2 nitrogen and oxygen atoms in total. The molecule has 0 aliphatic carbocycles. The molecular weight excluding hydrogens is 368 g/mol. The molecule has 0 spiro atoms. The Labute approximate surface area is 172 Å². The Kier molecular flexibility index (Phi) is 8.66. The van der Waals surface area contributed by atoms with E-state index in [0.717, 1.165) is 31.6 Å². The van der Waals surface area contributed by atoms with Crippen molar-refractivity contribution in [2.45, 2.75) is 82.2 Å². The van der Waals surface area contributed by atoms with Gasteiger partial charge in [0.2, 0.25) is 0 Å². The molecular formula is C23H38O2SSi. The molecule has 0 bridgehead atoms. The molecule has 2 rings (SSSR count). The lowest BCUT2D eigenvalue weighted by Crippen LogP contribution is -2.41. The third kappa shape index (κ3) is 7.76. The molecule has 0 saturated heterocycles. The van der Waals surface area contributed by atoms with Gasteiger partial charge in [0.05, 0.1) is 12.2 Å². The zero-order chi connectivity index (χ0) is 19.9. The lowest BCUT2D eigenvalue weighted by molar-refractivity contribution is -0.0134. The van der Waals surface area contributed by atoms with E-state index in [2.05, 4.69) is 83.3 Å². The summed E-state index contributed by atoms with van der Waals surface area (Å²) < 4.78 is 12.7. The van der Waals surface area contributed by atoms with Crippen molar-refractivity contribution in [3.8, 4) is 0 Å². The van der Waals surface area contributed by atoms with Crippen LogP contribution >= 0.6 is 11.8 Å². The molecule has 27 heavy (non-hydrogen) atoms. The zero-order valence-corrected chi connectivity index (χ0v) is 19.9. The highest BCUT2D eigenvalue weighted by Crippen LogP contribution is 2.36. The monoisotopic (exact) mass is 406 g/mol. The van der Waals surface area contributed by atoms with Crippen molar-refractivity contribution in [3.63, 3.8) is 0 Å². The molecule has 0 radical (unpaired) electrons. The first-order valence-corrected chi connectivity index (χ1v) is 14.2. The smallest absolute Gasteiger partial charge is 0.191 e. The van der Waals surface area contributed by atoms with E-state index < -0.39 is 8.32 Å². The summed E-state index contributed by atoms with van der Waals surface area (Å²) >= 11 is 1.95. The van der Waals surface area contributed by atoms with Crippen LogP contribution in [0.3, 0.4) is 0 Å². The molecule has 0 amide bonds. The van der Waals surface area contributed by atoms with E-state index in [0.29, 0.717) is 12.0 Å². The van der Waals surface area contributed by atoms with Gasteiger partial charge in [0.25, 0.3) is 0 Å². The maximum Gasteiger partial charge on any atom is 0.191 e. The quantitative estimate of drug-likeness (QED) is 0.252. The standard InChI is InChI=1S/C23H38O2SSi/c1-19(18-26-22-13-8-7-9-14-22)17-21-12-10-11-20(25-21)15-16-24-27(5,6)23(2,3)4/h7-11,13-14,19-21H,12,15-18H2,1-6H3/t19-,20+,21+/m1/s1. The number of thioether (sulfide) groups is 1. The van der Waals surface area contributed by atoms with Crippen LogP contribution in [0, 0.1) is 5.92 Å². The van der Waals surface area contributed by atoms with Gasteiger partial charge in [0.1, 0.15) is 0 Å². The van der Waals surface area contributed by atoms with Crippen molar-refractivity contribution in [1.29, 1.82) is 0 Å². The summed E-state index contributed by atoms with van der Waals surface area (Å²) in [7, 11) is -1.66. The van der Waals surface area contributed by atoms with Crippen LogP contribution in [0.4, 0.5) is 0 Å². The first-order chi connectivity index (χ1) is 12.7. The van der Waals surface area contributed by atoms with Crippen molar-refractivity contribution >= 4 is 20.1 Å². The Morgan fingerprint density at radius 3 is 2.59 bits per heavy atom. The van der Waals surface area contributed by atoms with Crippen LogP contribution in [-0.2, 0) is 9.16 Å². The number of hydrogen-bond donors (Lipinski definition) is 0. The van der Waals surface area contributed by atoms with Crippen LogP contribution in [0.1, 0.15) is 47.0 Å². The Bertz CT molecular complexity index is 580. The van der Waals surface area contributed by atoms with Gasteiger partial charge in [-0.2, -0.15) is 0 Å². The number of ether oxygens (including phenoxy) is 1. The summed E-state index contributed by atoms with van der Waals surface area (Å²) in [4.78, 5) is 1.36. The van der Waals surface area contributed by atoms with Gasteiger partial charge < -0.3 is 9.16 Å². The minimum Gasteiger partial charge on any atom is -0.417 e.